The lowest BCUT2D eigenvalue weighted by Gasteiger charge is -2.46. The average Bonchev–Trinajstić information content (AvgIpc) is 2.96. The predicted molar refractivity (Wildman–Crippen MR) is 74.9 cm³/mol. The van der Waals surface area contributed by atoms with Crippen LogP contribution < -0.4 is 0 Å². The third kappa shape index (κ3) is 2.74. The van der Waals surface area contributed by atoms with E-state index >= 15 is 0 Å². The van der Waals surface area contributed by atoms with Gasteiger partial charge in [-0.15, -0.1) is 0 Å². The van der Waals surface area contributed by atoms with Crippen molar-refractivity contribution in [2.24, 2.45) is 11.1 Å². The summed E-state index contributed by atoms with van der Waals surface area (Å²) in [6.45, 7) is 2.60. The molecule has 2 fully saturated rings. The van der Waals surface area contributed by atoms with Gasteiger partial charge < -0.3 is 19.7 Å². The van der Waals surface area contributed by atoms with Crippen LogP contribution in [0.5, 0.6) is 0 Å². The van der Waals surface area contributed by atoms with Crippen molar-refractivity contribution in [3.05, 3.63) is 0 Å². The molecular formula is C14H21N3O4. The highest BCUT2D eigenvalue weighted by molar-refractivity contribution is 6.36. The second kappa shape index (κ2) is 5.63. The van der Waals surface area contributed by atoms with Crippen molar-refractivity contribution >= 4 is 17.6 Å². The van der Waals surface area contributed by atoms with Gasteiger partial charge in [0.05, 0.1) is 0 Å². The summed E-state index contributed by atoms with van der Waals surface area (Å²) in [5.41, 5.74) is -0.0689. The Morgan fingerprint density at radius 2 is 2.14 bits per heavy atom. The van der Waals surface area contributed by atoms with Crippen LogP contribution in [-0.2, 0) is 14.4 Å². The average molecular weight is 295 g/mol. The van der Waals surface area contributed by atoms with E-state index in [2.05, 4.69) is 17.1 Å². The molecule has 7 heteroatoms. The van der Waals surface area contributed by atoms with Crippen molar-refractivity contribution in [1.82, 2.24) is 9.80 Å². The first-order chi connectivity index (χ1) is 10.1. The number of rotatable bonds is 2. The minimum Gasteiger partial charge on any atom is -0.477 e. The zero-order chi connectivity index (χ0) is 15.0. The van der Waals surface area contributed by atoms with Crippen LogP contribution in [-0.4, -0.2) is 71.3 Å². The van der Waals surface area contributed by atoms with Gasteiger partial charge in [-0.25, -0.2) is 4.79 Å². The summed E-state index contributed by atoms with van der Waals surface area (Å²) in [5, 5.41) is 12.4. The van der Waals surface area contributed by atoms with Crippen LogP contribution in [0.25, 0.3) is 0 Å². The molecule has 1 N–H and O–H groups in total. The molecule has 3 atom stereocenters. The summed E-state index contributed by atoms with van der Waals surface area (Å²) in [4.78, 5) is 32.5. The van der Waals surface area contributed by atoms with E-state index in [1.807, 2.05) is 4.90 Å². The largest absolute Gasteiger partial charge is 0.477 e. The van der Waals surface area contributed by atoms with Crippen LogP contribution in [0.2, 0.25) is 0 Å². The van der Waals surface area contributed by atoms with Gasteiger partial charge in [-0.3, -0.25) is 4.79 Å². The zero-order valence-corrected chi connectivity index (χ0v) is 12.2. The molecule has 0 aromatic carbocycles. The van der Waals surface area contributed by atoms with Crippen molar-refractivity contribution < 1.29 is 19.5 Å². The molecule has 21 heavy (non-hydrogen) atoms. The standard InChI is InChI=1S/C14H21N3O4/c1-16-5-2-3-9-8-17(6-4-11(9)16)13(18)12-7-10(14(19)20)15-21-12/h9,11-12H,2-8H2,1H3,(H,19,20). The van der Waals surface area contributed by atoms with Crippen LogP contribution in [0.3, 0.4) is 0 Å². The van der Waals surface area contributed by atoms with Gasteiger partial charge >= 0.3 is 5.97 Å². The van der Waals surface area contributed by atoms with E-state index in [4.69, 9.17) is 9.94 Å². The van der Waals surface area contributed by atoms with Crippen LogP contribution in [0, 0.1) is 5.92 Å². The van der Waals surface area contributed by atoms with E-state index in [9.17, 15) is 9.59 Å². The summed E-state index contributed by atoms with van der Waals surface area (Å²) in [6, 6.07) is 0.568. The molecule has 3 unspecified atom stereocenters. The number of carboxylic acid groups (broad SMARTS) is 1. The molecule has 0 bridgehead atoms. The molecule has 3 heterocycles. The highest BCUT2D eigenvalue weighted by Crippen LogP contribution is 2.30. The zero-order valence-electron chi connectivity index (χ0n) is 12.2. The van der Waals surface area contributed by atoms with Crippen LogP contribution in [0.1, 0.15) is 25.7 Å². The maximum Gasteiger partial charge on any atom is 0.353 e. The first-order valence-electron chi connectivity index (χ1n) is 7.51. The molecule has 3 aliphatic heterocycles. The van der Waals surface area contributed by atoms with Gasteiger partial charge in [0.2, 0.25) is 6.10 Å². The fourth-order valence-electron chi connectivity index (χ4n) is 3.69. The maximum absolute atomic E-state index is 12.4. The first-order valence-corrected chi connectivity index (χ1v) is 7.51. The number of carbonyl (C=O) groups is 2. The summed E-state index contributed by atoms with van der Waals surface area (Å²) < 4.78 is 0. The van der Waals surface area contributed by atoms with Gasteiger partial charge in [0.1, 0.15) is 0 Å². The summed E-state index contributed by atoms with van der Waals surface area (Å²) in [6.07, 6.45) is 2.62. The molecule has 1 amide bonds. The topological polar surface area (TPSA) is 82.4 Å². The van der Waals surface area contributed by atoms with E-state index < -0.39 is 12.1 Å². The van der Waals surface area contributed by atoms with Crippen LogP contribution >= 0.6 is 0 Å². The molecule has 0 aromatic heterocycles. The molecule has 0 saturated carbocycles. The number of amides is 1. The SMILES string of the molecule is CN1CCCC2CN(C(=O)C3CC(C(=O)O)=NO3)CCC21. The first kappa shape index (κ1) is 14.3. The molecule has 3 aliphatic rings. The Labute approximate surface area is 123 Å². The Hall–Kier alpha value is -1.63. The quantitative estimate of drug-likeness (QED) is 0.784. The van der Waals surface area contributed by atoms with E-state index in [0.29, 0.717) is 18.5 Å². The fraction of sp³-hybridized carbons (Fsp3) is 0.786. The van der Waals surface area contributed by atoms with Crippen molar-refractivity contribution in [2.45, 2.75) is 37.8 Å². The summed E-state index contributed by atoms with van der Waals surface area (Å²) >= 11 is 0. The fourth-order valence-corrected chi connectivity index (χ4v) is 3.69. The lowest BCUT2D eigenvalue weighted by molar-refractivity contribution is -0.145. The Morgan fingerprint density at radius 3 is 2.86 bits per heavy atom. The van der Waals surface area contributed by atoms with Crippen LogP contribution in [0.15, 0.2) is 5.16 Å². The Kier molecular flexibility index (Phi) is 3.84. The Balaban J connectivity index is 1.59. The second-order valence-corrected chi connectivity index (χ2v) is 6.16. The van der Waals surface area contributed by atoms with Gasteiger partial charge in [0.25, 0.3) is 5.91 Å². The molecule has 3 rings (SSSR count). The number of carboxylic acids is 1. The van der Waals surface area contributed by atoms with Gasteiger partial charge in [-0.2, -0.15) is 0 Å². The molecule has 0 aromatic rings. The van der Waals surface area contributed by atoms with Gasteiger partial charge in [0.15, 0.2) is 5.71 Å². The lowest BCUT2D eigenvalue weighted by Crippen LogP contribution is -2.55. The third-order valence-corrected chi connectivity index (χ3v) is 4.85. The normalized spacial score (nSPS) is 33.1. The number of hydrogen-bond acceptors (Lipinski definition) is 5. The highest BCUT2D eigenvalue weighted by Gasteiger charge is 2.40. The number of nitrogens with zero attached hydrogens (tertiary/aromatic N) is 3. The summed E-state index contributed by atoms with van der Waals surface area (Å²) in [5.74, 6) is -0.720. The number of aliphatic carboxylic acids is 1. The molecule has 7 nitrogen and oxygen atoms in total. The Morgan fingerprint density at radius 1 is 1.33 bits per heavy atom. The molecule has 0 spiro atoms. The summed E-state index contributed by atoms with van der Waals surface area (Å²) in [7, 11) is 2.15. The Bertz CT molecular complexity index is 479. The minimum atomic E-state index is -1.11. The van der Waals surface area contributed by atoms with E-state index in [1.54, 1.807) is 0 Å². The predicted octanol–water partition coefficient (Wildman–Crippen LogP) is 0.159. The van der Waals surface area contributed by atoms with E-state index in [0.717, 1.165) is 25.9 Å². The van der Waals surface area contributed by atoms with Crippen molar-refractivity contribution in [3.8, 4) is 0 Å². The van der Waals surface area contributed by atoms with Gasteiger partial charge in [0, 0.05) is 25.6 Å². The number of carbonyl (C=O) groups excluding carboxylic acids is 1. The number of likely N-dealkylation sites (tertiary alicyclic amines) is 2. The second-order valence-electron chi connectivity index (χ2n) is 6.16. The van der Waals surface area contributed by atoms with Crippen molar-refractivity contribution in [1.29, 1.82) is 0 Å². The molecule has 0 radical (unpaired) electrons. The monoisotopic (exact) mass is 295 g/mol. The molecule has 0 aliphatic carbocycles. The molecule has 116 valence electrons. The maximum atomic E-state index is 12.4. The number of oxime groups is 1. The van der Waals surface area contributed by atoms with Crippen molar-refractivity contribution in [3.63, 3.8) is 0 Å². The number of hydrogen-bond donors (Lipinski definition) is 1. The smallest absolute Gasteiger partial charge is 0.353 e. The number of piperidine rings is 2. The van der Waals surface area contributed by atoms with E-state index in [1.165, 1.54) is 6.42 Å². The third-order valence-electron chi connectivity index (χ3n) is 4.85. The van der Waals surface area contributed by atoms with Gasteiger partial charge in [-0.1, -0.05) is 5.16 Å². The highest BCUT2D eigenvalue weighted by atomic mass is 16.6. The van der Waals surface area contributed by atoms with Gasteiger partial charge in [-0.05, 0) is 38.8 Å². The minimum absolute atomic E-state index is 0.0681. The number of fused-ring (bicyclic) bond motifs is 1. The van der Waals surface area contributed by atoms with E-state index in [-0.39, 0.29) is 18.0 Å². The lowest BCUT2D eigenvalue weighted by atomic mass is 9.84. The molecule has 2 saturated heterocycles. The van der Waals surface area contributed by atoms with Crippen LogP contribution in [0.4, 0.5) is 0 Å². The van der Waals surface area contributed by atoms with Crippen molar-refractivity contribution in [2.75, 3.05) is 26.7 Å². The molecular weight excluding hydrogens is 274 g/mol.